The maximum absolute atomic E-state index is 12.1. The summed E-state index contributed by atoms with van der Waals surface area (Å²) in [6, 6.07) is 3.05. The molecule has 0 bridgehead atoms. The van der Waals surface area contributed by atoms with Gasteiger partial charge in [0.15, 0.2) is 0 Å². The Bertz CT molecular complexity index is 1140. The molecule has 1 aromatic heterocycles. The smallest absolute Gasteiger partial charge is 0.251 e. The van der Waals surface area contributed by atoms with Crippen molar-refractivity contribution in [2.45, 2.75) is 61.6 Å². The molecule has 1 atom stereocenters. The second kappa shape index (κ2) is 7.95. The van der Waals surface area contributed by atoms with Gasteiger partial charge in [0.1, 0.15) is 5.82 Å². The fraction of sp³-hybridized carbons (Fsp3) is 0.444. The van der Waals surface area contributed by atoms with Gasteiger partial charge in [-0.05, 0) is 52.3 Å². The van der Waals surface area contributed by atoms with Gasteiger partial charge in [-0.15, -0.1) is 11.8 Å². The molecule has 30 heavy (non-hydrogen) atoms. The lowest BCUT2D eigenvalue weighted by Gasteiger charge is -2.28. The highest BCUT2D eigenvalue weighted by atomic mass is 35.5. The molecule has 0 spiro atoms. The van der Waals surface area contributed by atoms with E-state index in [1.807, 2.05) is 27.7 Å². The summed E-state index contributed by atoms with van der Waals surface area (Å²) in [7, 11) is -3.93. The Hall–Kier alpha value is -1.95. The van der Waals surface area contributed by atoms with E-state index in [-0.39, 0.29) is 21.6 Å². The zero-order valence-electron chi connectivity index (χ0n) is 17.3. The van der Waals surface area contributed by atoms with E-state index in [0.29, 0.717) is 27.3 Å². The minimum Gasteiger partial charge on any atom is -0.368 e. The molecule has 1 aliphatic rings. The Balaban J connectivity index is 1.99. The fourth-order valence-corrected chi connectivity index (χ4v) is 5.58. The van der Waals surface area contributed by atoms with E-state index in [2.05, 4.69) is 20.1 Å². The van der Waals surface area contributed by atoms with Crippen molar-refractivity contribution in [1.82, 2.24) is 15.0 Å². The summed E-state index contributed by atoms with van der Waals surface area (Å²) in [6.07, 6.45) is 0.776. The number of hydrogen-bond donors (Lipinski definition) is 2. The molecule has 0 saturated heterocycles. The second-order valence-corrected chi connectivity index (χ2v) is 11.2. The van der Waals surface area contributed by atoms with Crippen LogP contribution < -0.4 is 15.9 Å². The number of halogens is 1. The largest absolute Gasteiger partial charge is 0.368 e. The summed E-state index contributed by atoms with van der Waals surface area (Å²) >= 11 is 7.44. The third kappa shape index (κ3) is 4.69. The molecule has 0 unspecified atom stereocenters. The van der Waals surface area contributed by atoms with E-state index in [4.69, 9.17) is 22.5 Å². The van der Waals surface area contributed by atoms with Gasteiger partial charge in [0.25, 0.3) is 5.95 Å². The van der Waals surface area contributed by atoms with Crippen molar-refractivity contribution in [1.29, 1.82) is 0 Å². The number of aromatic nitrogens is 3. The van der Waals surface area contributed by atoms with E-state index in [1.165, 1.54) is 17.8 Å². The fourth-order valence-electron chi connectivity index (χ4n) is 3.23. The minimum absolute atomic E-state index is 0.00408. The van der Waals surface area contributed by atoms with Gasteiger partial charge in [0.05, 0.1) is 15.7 Å². The molecule has 2 heterocycles. The quantitative estimate of drug-likeness (QED) is 0.635. The van der Waals surface area contributed by atoms with Crippen LogP contribution in [0.2, 0.25) is 5.02 Å². The van der Waals surface area contributed by atoms with Crippen LogP contribution >= 0.6 is 23.4 Å². The molecule has 0 radical (unpaired) electrons. The van der Waals surface area contributed by atoms with Gasteiger partial charge >= 0.3 is 0 Å². The first-order chi connectivity index (χ1) is 13.8. The third-order valence-corrected chi connectivity index (χ3v) is 7.22. The van der Waals surface area contributed by atoms with Crippen LogP contribution in [0, 0.1) is 6.92 Å². The van der Waals surface area contributed by atoms with Gasteiger partial charge < -0.3 is 5.73 Å². The van der Waals surface area contributed by atoms with Crippen LogP contribution in [0.5, 0.6) is 0 Å². The molecule has 0 saturated carbocycles. The number of hydrogen-bond acceptors (Lipinski definition) is 9. The Labute approximate surface area is 185 Å². The highest BCUT2D eigenvalue weighted by Crippen LogP contribution is 2.40. The van der Waals surface area contributed by atoms with Gasteiger partial charge in [-0.3, -0.25) is 0 Å². The van der Waals surface area contributed by atoms with Crippen LogP contribution in [0.25, 0.3) is 0 Å². The predicted molar refractivity (Wildman–Crippen MR) is 120 cm³/mol. The van der Waals surface area contributed by atoms with Crippen LogP contribution in [0.15, 0.2) is 27.0 Å². The summed E-state index contributed by atoms with van der Waals surface area (Å²) in [5, 5.41) is 11.7. The highest BCUT2D eigenvalue weighted by molar-refractivity contribution is 8.00. The lowest BCUT2D eigenvalue weighted by molar-refractivity contribution is 0.504. The molecule has 0 amide bonds. The molecule has 4 N–H and O–H groups in total. The summed E-state index contributed by atoms with van der Waals surface area (Å²) in [6.45, 7) is 9.58. The van der Waals surface area contributed by atoms with Crippen molar-refractivity contribution in [2.24, 2.45) is 10.2 Å². The van der Waals surface area contributed by atoms with Gasteiger partial charge in [-0.2, -0.15) is 20.1 Å². The zero-order chi connectivity index (χ0) is 22.4. The molecule has 0 aliphatic carbocycles. The predicted octanol–water partition coefficient (Wildman–Crippen LogP) is 3.28. The maximum atomic E-state index is 12.1. The number of nitrogen functional groups attached to an aromatic ring is 1. The molecule has 0 fully saturated rings. The van der Waals surface area contributed by atoms with Gasteiger partial charge in [0.2, 0.25) is 16.0 Å². The van der Waals surface area contributed by atoms with Crippen LogP contribution in [0.3, 0.4) is 0 Å². The lowest BCUT2D eigenvalue weighted by Crippen LogP contribution is -2.38. The van der Waals surface area contributed by atoms with Crippen molar-refractivity contribution in [3.8, 4) is 0 Å². The molecular formula is C18H24ClN7O2S2. The molecule has 3 rings (SSSR count). The highest BCUT2D eigenvalue weighted by Gasteiger charge is 2.35. The van der Waals surface area contributed by atoms with Crippen LogP contribution in [0.1, 0.15) is 50.8 Å². The van der Waals surface area contributed by atoms with E-state index >= 15 is 0 Å². The van der Waals surface area contributed by atoms with E-state index in [1.54, 1.807) is 18.0 Å². The average molecular weight is 470 g/mol. The number of thioether (sulfide) groups is 1. The van der Waals surface area contributed by atoms with Crippen molar-refractivity contribution >= 4 is 51.0 Å². The van der Waals surface area contributed by atoms with Crippen molar-refractivity contribution in [3.05, 3.63) is 28.5 Å². The van der Waals surface area contributed by atoms with Gasteiger partial charge in [-0.25, -0.2) is 18.6 Å². The Morgan fingerprint density at radius 2 is 1.90 bits per heavy atom. The van der Waals surface area contributed by atoms with E-state index < -0.39 is 10.0 Å². The third-order valence-electron chi connectivity index (χ3n) is 4.58. The summed E-state index contributed by atoms with van der Waals surface area (Å²) in [5.41, 5.74) is 7.23. The van der Waals surface area contributed by atoms with Crippen LogP contribution in [-0.2, 0) is 10.0 Å². The lowest BCUT2D eigenvalue weighted by atomic mass is 9.99. The summed E-state index contributed by atoms with van der Waals surface area (Å²) < 4.78 is 24.1. The molecule has 162 valence electrons. The molecular weight excluding hydrogens is 446 g/mol. The molecule has 1 aromatic carbocycles. The first-order valence-corrected chi connectivity index (χ1v) is 11.9. The zero-order valence-corrected chi connectivity index (χ0v) is 19.7. The number of aryl methyl sites for hydroxylation is 1. The van der Waals surface area contributed by atoms with Gasteiger partial charge in [-0.1, -0.05) is 11.6 Å². The van der Waals surface area contributed by atoms with Gasteiger partial charge in [0, 0.05) is 22.1 Å². The number of rotatable bonds is 5. The number of nitrogens with zero attached hydrogens (tertiary/aromatic N) is 5. The Morgan fingerprint density at radius 1 is 1.23 bits per heavy atom. The van der Waals surface area contributed by atoms with Crippen LogP contribution in [-0.4, -0.2) is 34.6 Å². The van der Waals surface area contributed by atoms with Crippen molar-refractivity contribution in [2.75, 3.05) is 10.7 Å². The van der Waals surface area contributed by atoms with Crippen molar-refractivity contribution < 1.29 is 8.42 Å². The molecule has 2 aromatic rings. The summed E-state index contributed by atoms with van der Waals surface area (Å²) in [4.78, 5) is 13.5. The van der Waals surface area contributed by atoms with Crippen molar-refractivity contribution in [3.63, 3.8) is 0 Å². The summed E-state index contributed by atoms with van der Waals surface area (Å²) in [5.74, 6) is 0.808. The SMILES string of the molecule is CC1=NN(c2nc(N)nc([C@@H](C)Sc3cc(Cl)c(C)cc3S(N)(=O)=O)n2)C(C)(C)C1. The normalized spacial score (nSPS) is 17.2. The number of anilines is 2. The number of primary sulfonamides is 1. The van der Waals surface area contributed by atoms with E-state index in [9.17, 15) is 8.42 Å². The topological polar surface area (TPSA) is 140 Å². The standard InChI is InChI=1S/C18H24ClN7O2S2/c1-9-6-14(30(21,27)28)13(7-12(9)19)29-11(3)15-22-16(20)24-17(23-15)26-18(4,5)8-10(2)25-26/h6-7,11H,8H2,1-5H3,(H2,21,27,28)(H2,20,22,23,24)/t11-/m1/s1. The Morgan fingerprint density at radius 3 is 2.47 bits per heavy atom. The maximum Gasteiger partial charge on any atom is 0.251 e. The average Bonchev–Trinajstić information content (AvgIpc) is 2.88. The minimum atomic E-state index is -3.93. The number of sulfonamides is 1. The first-order valence-electron chi connectivity index (χ1n) is 9.13. The molecule has 1 aliphatic heterocycles. The van der Waals surface area contributed by atoms with E-state index in [0.717, 1.165) is 12.1 Å². The first kappa shape index (κ1) is 22.7. The number of benzene rings is 1. The number of nitrogens with two attached hydrogens (primary N) is 2. The second-order valence-electron chi connectivity index (χ2n) is 7.84. The molecule has 9 nitrogen and oxygen atoms in total. The monoisotopic (exact) mass is 469 g/mol. The number of hydrazone groups is 1. The molecule has 12 heteroatoms. The Kier molecular flexibility index (Phi) is 6.02. The van der Waals surface area contributed by atoms with Crippen LogP contribution in [0.4, 0.5) is 11.9 Å².